The number of hydrogen-bond donors (Lipinski definition) is 9. The summed E-state index contributed by atoms with van der Waals surface area (Å²) in [5.41, 5.74) is 14.0. The normalized spacial score (nSPS) is 30.2. The number of likely N-dealkylation sites (N-methyl/N-ethyl adjacent to an activating group) is 1. The number of fused-ring (bicyclic) bond motifs is 10. The zero-order valence-electron chi connectivity index (χ0n) is 38.3. The molecule has 10 rings (SSSR count). The zero-order valence-corrected chi connectivity index (χ0v) is 38.3. The Morgan fingerprint density at radius 2 is 1.94 bits per heavy atom. The third kappa shape index (κ3) is 7.14. The lowest BCUT2D eigenvalue weighted by molar-refractivity contribution is -0.169. The molecule has 0 spiro atoms. The summed E-state index contributed by atoms with van der Waals surface area (Å²) < 4.78 is 21.0. The van der Waals surface area contributed by atoms with E-state index < -0.39 is 41.5 Å². The van der Waals surface area contributed by atoms with Crippen molar-refractivity contribution in [3.63, 3.8) is 0 Å². The minimum absolute atomic E-state index is 0.00801. The summed E-state index contributed by atoms with van der Waals surface area (Å²) in [6.45, 7) is 8.41. The summed E-state index contributed by atoms with van der Waals surface area (Å²) in [4.78, 5) is 28.8. The molecule has 2 aliphatic carbocycles. The monoisotopic (exact) mass is 901 g/mol. The number of rotatable bonds is 7. The third-order valence-electron chi connectivity index (χ3n) is 16.1. The van der Waals surface area contributed by atoms with Crippen molar-refractivity contribution in [3.05, 3.63) is 120 Å². The fourth-order valence-corrected chi connectivity index (χ4v) is 12.8. The van der Waals surface area contributed by atoms with Gasteiger partial charge in [-0.1, -0.05) is 25.1 Å². The van der Waals surface area contributed by atoms with Gasteiger partial charge in [0.15, 0.2) is 5.43 Å². The van der Waals surface area contributed by atoms with Crippen LogP contribution < -0.4 is 37.2 Å². The van der Waals surface area contributed by atoms with Gasteiger partial charge in [-0.3, -0.25) is 10.1 Å². The number of aliphatic hydroxyl groups excluding tert-OH is 2. The first kappa shape index (κ1) is 44.3. The second-order valence-electron chi connectivity index (χ2n) is 19.5. The Balaban J connectivity index is 1.31. The molecule has 7 aliphatic rings. The quantitative estimate of drug-likeness (QED) is 0.109. The topological polar surface area (TPSA) is 221 Å². The molecule has 9 atom stereocenters. The number of nitrogens with two attached hydrogens (primary N) is 1. The number of nitrogens with one attached hydrogen (secondary N) is 4. The van der Waals surface area contributed by atoms with E-state index in [1.54, 1.807) is 18.2 Å². The van der Waals surface area contributed by atoms with Crippen LogP contribution in [0.15, 0.2) is 91.1 Å². The molecular weight excluding hydrogens is 839 g/mol. The van der Waals surface area contributed by atoms with E-state index in [2.05, 4.69) is 40.5 Å². The van der Waals surface area contributed by atoms with Crippen LogP contribution in [0.1, 0.15) is 106 Å². The molecule has 1 saturated heterocycles. The zero-order chi connectivity index (χ0) is 46.2. The molecule has 350 valence electrons. The Bertz CT molecular complexity index is 2710. The van der Waals surface area contributed by atoms with Gasteiger partial charge in [0, 0.05) is 72.3 Å². The number of phenols is 2. The fourth-order valence-electron chi connectivity index (χ4n) is 12.8. The van der Waals surface area contributed by atoms with Crippen LogP contribution in [0, 0.1) is 17.8 Å². The number of aryl methyl sites for hydroxylation is 1. The molecule has 9 unspecified atom stereocenters. The van der Waals surface area contributed by atoms with Gasteiger partial charge in [0.25, 0.3) is 0 Å². The summed E-state index contributed by atoms with van der Waals surface area (Å²) >= 11 is 0. The van der Waals surface area contributed by atoms with E-state index in [9.17, 15) is 30.0 Å². The van der Waals surface area contributed by atoms with Gasteiger partial charge in [0.05, 0.1) is 12.8 Å². The number of benzene rings is 2. The molecule has 4 bridgehead atoms. The minimum Gasteiger partial charge on any atom is -0.508 e. The molecule has 66 heavy (non-hydrogen) atoms. The number of carbonyl (C=O) groups is 1. The smallest absolute Gasteiger partial charge is 0.335 e. The van der Waals surface area contributed by atoms with Crippen LogP contribution in [-0.2, 0) is 29.0 Å². The summed E-state index contributed by atoms with van der Waals surface area (Å²) in [5, 5.41) is 60.1. The lowest BCUT2D eigenvalue weighted by atomic mass is 9.61. The van der Waals surface area contributed by atoms with E-state index in [0.29, 0.717) is 61.9 Å². The first-order valence-corrected chi connectivity index (χ1v) is 23.9. The number of carbonyl (C=O) groups excluding carboxylic acids is 1. The molecule has 10 N–H and O–H groups in total. The SMILES string of the molecule is CC=C(CNCC)C(=O)OC1Cc2c3c(c4oc(CO)cc(=O)c4c2O)C2C4=CCNC(N)=C4C(CCc4ccc(O)cc4C2CO)C2CCC4=C5CCC(C)NC5NC=C4CC2C1(C)O3. The predicted octanol–water partition coefficient (Wildman–Crippen LogP) is 5.29. The summed E-state index contributed by atoms with van der Waals surface area (Å²) in [7, 11) is 0. The molecule has 6 heterocycles. The van der Waals surface area contributed by atoms with E-state index in [4.69, 9.17) is 19.6 Å². The van der Waals surface area contributed by atoms with Crippen molar-refractivity contribution in [1.29, 1.82) is 0 Å². The van der Waals surface area contributed by atoms with E-state index in [0.717, 1.165) is 48.0 Å². The number of ether oxygens (including phenoxy) is 2. The van der Waals surface area contributed by atoms with E-state index in [1.165, 1.54) is 22.8 Å². The molecule has 0 amide bonds. The maximum Gasteiger partial charge on any atom is 0.335 e. The van der Waals surface area contributed by atoms with Gasteiger partial charge >= 0.3 is 5.97 Å². The Hall–Kier alpha value is -5.54. The third-order valence-corrected chi connectivity index (χ3v) is 16.1. The van der Waals surface area contributed by atoms with Crippen molar-refractivity contribution in [2.75, 3.05) is 26.2 Å². The summed E-state index contributed by atoms with van der Waals surface area (Å²) in [6, 6.07) is 6.88. The largest absolute Gasteiger partial charge is 0.508 e. The number of piperidine rings is 1. The number of dihydropyridines is 2. The maximum atomic E-state index is 14.5. The Kier molecular flexibility index (Phi) is 11.6. The average molecular weight is 902 g/mol. The van der Waals surface area contributed by atoms with Crippen LogP contribution >= 0.6 is 0 Å². The van der Waals surface area contributed by atoms with Crippen molar-refractivity contribution in [3.8, 4) is 17.2 Å². The first-order chi connectivity index (χ1) is 31.9. The van der Waals surface area contributed by atoms with Crippen molar-refractivity contribution in [2.24, 2.45) is 23.5 Å². The Labute approximate surface area is 384 Å². The number of hydrogen-bond acceptors (Lipinski definition) is 14. The molecule has 1 aromatic heterocycles. The molecule has 0 radical (unpaired) electrons. The molecule has 2 fully saturated rings. The van der Waals surface area contributed by atoms with Crippen molar-refractivity contribution >= 4 is 16.9 Å². The fraction of sp³-hybridized carbons (Fsp3) is 0.500. The summed E-state index contributed by atoms with van der Waals surface area (Å²) in [5.74, 6) is -2.19. The minimum atomic E-state index is -1.26. The highest BCUT2D eigenvalue weighted by Gasteiger charge is 2.58. The van der Waals surface area contributed by atoms with Gasteiger partial charge < -0.3 is 56.0 Å². The van der Waals surface area contributed by atoms with Gasteiger partial charge in [-0.2, -0.15) is 0 Å². The second-order valence-corrected chi connectivity index (χ2v) is 19.5. The highest BCUT2D eigenvalue weighted by molar-refractivity contribution is 5.92. The Morgan fingerprint density at radius 3 is 2.71 bits per heavy atom. The molecular formula is C52H63N5O9. The Morgan fingerprint density at radius 1 is 1.11 bits per heavy atom. The molecule has 14 heteroatoms. The number of phenolic OH excluding ortho intramolecular Hbond substituents is 2. The number of allylic oxidation sites excluding steroid dienone is 5. The lowest BCUT2D eigenvalue weighted by Gasteiger charge is -2.52. The van der Waals surface area contributed by atoms with Crippen LogP contribution in [0.25, 0.3) is 11.0 Å². The second kappa shape index (κ2) is 17.3. The molecule has 5 aliphatic heterocycles. The van der Waals surface area contributed by atoms with Crippen LogP contribution in [0.2, 0.25) is 0 Å². The van der Waals surface area contributed by atoms with Gasteiger partial charge in [-0.15, -0.1) is 0 Å². The van der Waals surface area contributed by atoms with Crippen LogP contribution in [-0.4, -0.2) is 76.5 Å². The predicted molar refractivity (Wildman–Crippen MR) is 249 cm³/mol. The highest BCUT2D eigenvalue weighted by Crippen LogP contribution is 2.61. The number of esters is 1. The lowest BCUT2D eigenvalue weighted by Crippen LogP contribution is -2.59. The average Bonchev–Trinajstić information content (AvgIpc) is 3.47. The van der Waals surface area contributed by atoms with E-state index in [1.807, 2.05) is 26.8 Å². The van der Waals surface area contributed by atoms with Gasteiger partial charge in [0.1, 0.15) is 58.1 Å². The van der Waals surface area contributed by atoms with E-state index in [-0.39, 0.29) is 76.5 Å². The van der Waals surface area contributed by atoms with Crippen molar-refractivity contribution in [1.82, 2.24) is 21.3 Å². The van der Waals surface area contributed by atoms with Crippen molar-refractivity contribution < 1.29 is 39.1 Å². The van der Waals surface area contributed by atoms with Crippen LogP contribution in [0.4, 0.5) is 0 Å². The number of aliphatic hydroxyl groups is 2. The number of aromatic hydroxyl groups is 2. The molecule has 3 aromatic rings. The molecule has 2 aromatic carbocycles. The molecule has 14 nitrogen and oxygen atoms in total. The first-order valence-electron chi connectivity index (χ1n) is 23.9. The standard InChI is InChI=1S/C52H63N5O9/c1-5-26(21-54-6-2)51(63)65-41-20-37-46(62)44-40(61)19-30(23-58)64-48(44)45-42-35-15-16-55-49(53)43(35)33(12-9-27-8-10-29(60)18-36(27)38(42)24-59)32-14-13-31-28(17-39(32)52(41,4)66-47(37)45)22-56-50-34(31)11-7-25(3)57-50/h5,8,10,15,18-19,22,25,32-33,38-39,41-42,50,54-60,62H,6-7,9,11-14,16-17,20-21,23-24,53H2,1-4H3. The van der Waals surface area contributed by atoms with Gasteiger partial charge in [-0.25, -0.2) is 4.79 Å². The van der Waals surface area contributed by atoms with Gasteiger partial charge in [-0.05, 0) is 135 Å². The highest BCUT2D eigenvalue weighted by atomic mass is 16.6. The van der Waals surface area contributed by atoms with Crippen LogP contribution in [0.3, 0.4) is 0 Å². The maximum absolute atomic E-state index is 14.5. The van der Waals surface area contributed by atoms with E-state index >= 15 is 0 Å². The van der Waals surface area contributed by atoms with Crippen molar-refractivity contribution in [2.45, 2.75) is 121 Å². The van der Waals surface area contributed by atoms with Crippen LogP contribution in [0.5, 0.6) is 17.2 Å². The summed E-state index contributed by atoms with van der Waals surface area (Å²) in [6.07, 6.45) is 10.5. The molecule has 1 saturated carbocycles. The van der Waals surface area contributed by atoms with Gasteiger partial charge in [0.2, 0.25) is 0 Å².